The van der Waals surface area contributed by atoms with E-state index >= 15 is 0 Å². The minimum absolute atomic E-state index is 0.405. The molecule has 0 unspecified atom stereocenters. The number of imidazole rings is 1. The number of rotatable bonds is 2. The number of aromatic nitrogens is 2. The number of methoxy groups -OCH3 is 1. The van der Waals surface area contributed by atoms with Crippen LogP contribution in [-0.2, 0) is 4.74 Å². The van der Waals surface area contributed by atoms with Gasteiger partial charge in [0.1, 0.15) is 11.3 Å². The Hall–Kier alpha value is -2.04. The van der Waals surface area contributed by atoms with Gasteiger partial charge in [-0.3, -0.25) is 0 Å². The summed E-state index contributed by atoms with van der Waals surface area (Å²) >= 11 is 12.1. The zero-order valence-electron chi connectivity index (χ0n) is 11.0. The number of carbonyl (C=O) groups excluding carboxylic acids is 1. The fourth-order valence-corrected chi connectivity index (χ4v) is 2.61. The Morgan fingerprint density at radius 3 is 2.76 bits per heavy atom. The van der Waals surface area contributed by atoms with E-state index < -0.39 is 5.97 Å². The second kappa shape index (κ2) is 5.39. The molecular weight excluding hydrogens is 311 g/mol. The fraction of sp³-hybridized carbons (Fsp3) is 0.0667. The van der Waals surface area contributed by atoms with Gasteiger partial charge in [0.25, 0.3) is 0 Å². The molecule has 0 radical (unpaired) electrons. The Bertz CT molecular complexity index is 843. The predicted octanol–water partition coefficient (Wildman–Crippen LogP) is 4.32. The van der Waals surface area contributed by atoms with Crippen LogP contribution in [0.25, 0.3) is 22.4 Å². The Labute approximate surface area is 130 Å². The lowest BCUT2D eigenvalue weighted by Gasteiger charge is -2.00. The minimum atomic E-state index is -0.430. The van der Waals surface area contributed by atoms with E-state index in [0.29, 0.717) is 32.5 Å². The first-order chi connectivity index (χ1) is 10.1. The molecular formula is C15H10Cl2N2O2. The van der Waals surface area contributed by atoms with E-state index in [9.17, 15) is 4.79 Å². The third kappa shape index (κ3) is 2.48. The van der Waals surface area contributed by atoms with Crippen LogP contribution in [0.3, 0.4) is 0 Å². The van der Waals surface area contributed by atoms with Crippen molar-refractivity contribution in [1.29, 1.82) is 0 Å². The number of carbonyl (C=O) groups is 1. The largest absolute Gasteiger partial charge is 0.465 e. The van der Waals surface area contributed by atoms with Crippen LogP contribution < -0.4 is 0 Å². The first kappa shape index (κ1) is 13.9. The average molecular weight is 321 g/mol. The summed E-state index contributed by atoms with van der Waals surface area (Å²) in [6.45, 7) is 0. The van der Waals surface area contributed by atoms with Crippen LogP contribution in [0.2, 0.25) is 10.0 Å². The number of para-hydroxylation sites is 1. The molecule has 0 saturated carbocycles. The number of esters is 1. The number of nitrogens with zero attached hydrogens (tertiary/aromatic N) is 1. The lowest BCUT2D eigenvalue weighted by atomic mass is 10.2. The predicted molar refractivity (Wildman–Crippen MR) is 82.9 cm³/mol. The van der Waals surface area contributed by atoms with Crippen LogP contribution in [0.5, 0.6) is 0 Å². The highest BCUT2D eigenvalue weighted by atomic mass is 35.5. The highest BCUT2D eigenvalue weighted by molar-refractivity contribution is 6.36. The van der Waals surface area contributed by atoms with E-state index in [1.807, 2.05) is 6.07 Å². The third-order valence-electron chi connectivity index (χ3n) is 3.10. The van der Waals surface area contributed by atoms with Crippen molar-refractivity contribution in [1.82, 2.24) is 9.97 Å². The van der Waals surface area contributed by atoms with Crippen LogP contribution in [0.15, 0.2) is 36.4 Å². The maximum atomic E-state index is 11.8. The Morgan fingerprint density at radius 2 is 2.05 bits per heavy atom. The van der Waals surface area contributed by atoms with E-state index in [1.165, 1.54) is 7.11 Å². The highest BCUT2D eigenvalue weighted by Gasteiger charge is 2.15. The van der Waals surface area contributed by atoms with E-state index in [2.05, 4.69) is 9.97 Å². The minimum Gasteiger partial charge on any atom is -0.465 e. The molecule has 3 aromatic rings. The van der Waals surface area contributed by atoms with Gasteiger partial charge in [0.15, 0.2) is 0 Å². The topological polar surface area (TPSA) is 55.0 Å². The lowest BCUT2D eigenvalue weighted by Crippen LogP contribution is -2.01. The van der Waals surface area contributed by atoms with Gasteiger partial charge in [-0.25, -0.2) is 9.78 Å². The summed E-state index contributed by atoms with van der Waals surface area (Å²) in [5.74, 6) is 0.142. The number of benzene rings is 2. The molecule has 3 rings (SSSR count). The van der Waals surface area contributed by atoms with Gasteiger partial charge >= 0.3 is 5.97 Å². The van der Waals surface area contributed by atoms with E-state index in [-0.39, 0.29) is 0 Å². The standard InChI is InChI=1S/C15H10Cl2N2O2/c1-21-15(20)10-3-2-4-12-13(10)19-14(18-12)9-6-5-8(16)7-11(9)17/h2-7H,1H3,(H,18,19). The number of fused-ring (bicyclic) bond motifs is 1. The average Bonchev–Trinajstić information content (AvgIpc) is 2.89. The van der Waals surface area contributed by atoms with Crippen molar-refractivity contribution in [2.24, 2.45) is 0 Å². The van der Waals surface area contributed by atoms with Crippen molar-refractivity contribution in [2.45, 2.75) is 0 Å². The monoisotopic (exact) mass is 320 g/mol. The Balaban J connectivity index is 2.19. The van der Waals surface area contributed by atoms with Crippen molar-refractivity contribution in [3.8, 4) is 11.4 Å². The molecule has 0 amide bonds. The molecule has 21 heavy (non-hydrogen) atoms. The van der Waals surface area contributed by atoms with Gasteiger partial charge < -0.3 is 9.72 Å². The summed E-state index contributed by atoms with van der Waals surface area (Å²) < 4.78 is 4.76. The summed E-state index contributed by atoms with van der Waals surface area (Å²) in [5.41, 5.74) is 2.40. The molecule has 0 fully saturated rings. The molecule has 0 atom stereocenters. The second-order valence-corrected chi connectivity index (χ2v) is 5.25. The normalized spacial score (nSPS) is 10.8. The maximum absolute atomic E-state index is 11.8. The zero-order chi connectivity index (χ0) is 15.0. The van der Waals surface area contributed by atoms with Gasteiger partial charge in [-0.1, -0.05) is 29.3 Å². The fourth-order valence-electron chi connectivity index (χ4n) is 2.12. The van der Waals surface area contributed by atoms with Crippen LogP contribution >= 0.6 is 23.2 Å². The summed E-state index contributed by atoms with van der Waals surface area (Å²) in [6, 6.07) is 10.4. The summed E-state index contributed by atoms with van der Waals surface area (Å²) in [7, 11) is 1.34. The third-order valence-corrected chi connectivity index (χ3v) is 3.65. The van der Waals surface area contributed by atoms with Crippen LogP contribution in [0.4, 0.5) is 0 Å². The first-order valence-corrected chi connectivity index (χ1v) is 6.88. The number of hydrogen-bond acceptors (Lipinski definition) is 3. The molecule has 1 aromatic heterocycles. The lowest BCUT2D eigenvalue weighted by molar-refractivity contribution is 0.0603. The summed E-state index contributed by atoms with van der Waals surface area (Å²) in [6.07, 6.45) is 0. The van der Waals surface area contributed by atoms with Crippen LogP contribution in [0, 0.1) is 0 Å². The molecule has 0 aliphatic heterocycles. The second-order valence-electron chi connectivity index (χ2n) is 4.40. The Kier molecular flexibility index (Phi) is 3.57. The molecule has 0 aliphatic carbocycles. The molecule has 1 N–H and O–H groups in total. The molecule has 0 spiro atoms. The molecule has 106 valence electrons. The van der Waals surface area contributed by atoms with Gasteiger partial charge in [-0.05, 0) is 30.3 Å². The number of aromatic amines is 1. The van der Waals surface area contributed by atoms with Gasteiger partial charge in [0.2, 0.25) is 0 Å². The van der Waals surface area contributed by atoms with Gasteiger partial charge in [0.05, 0.1) is 23.2 Å². The zero-order valence-corrected chi connectivity index (χ0v) is 12.5. The van der Waals surface area contributed by atoms with Gasteiger partial charge in [-0.15, -0.1) is 0 Å². The number of nitrogens with one attached hydrogen (secondary N) is 1. The summed E-state index contributed by atoms with van der Waals surface area (Å²) in [4.78, 5) is 19.4. The van der Waals surface area contributed by atoms with Crippen molar-refractivity contribution < 1.29 is 9.53 Å². The van der Waals surface area contributed by atoms with Crippen LogP contribution in [0.1, 0.15) is 10.4 Å². The van der Waals surface area contributed by atoms with Crippen molar-refractivity contribution >= 4 is 40.2 Å². The Morgan fingerprint density at radius 1 is 1.24 bits per heavy atom. The van der Waals surface area contributed by atoms with Crippen molar-refractivity contribution in [3.05, 3.63) is 52.0 Å². The number of H-pyrrole nitrogens is 1. The molecule has 0 saturated heterocycles. The smallest absolute Gasteiger partial charge is 0.340 e. The molecule has 0 aliphatic rings. The van der Waals surface area contributed by atoms with E-state index in [1.54, 1.807) is 30.3 Å². The van der Waals surface area contributed by atoms with Crippen molar-refractivity contribution in [2.75, 3.05) is 7.11 Å². The first-order valence-electron chi connectivity index (χ1n) is 6.12. The quantitative estimate of drug-likeness (QED) is 0.715. The number of halogens is 2. The maximum Gasteiger partial charge on any atom is 0.340 e. The SMILES string of the molecule is COC(=O)c1cccc2[nH]c(-c3ccc(Cl)cc3Cl)nc12. The molecule has 6 heteroatoms. The highest BCUT2D eigenvalue weighted by Crippen LogP contribution is 2.30. The van der Waals surface area contributed by atoms with Gasteiger partial charge in [-0.2, -0.15) is 0 Å². The van der Waals surface area contributed by atoms with Crippen LogP contribution in [-0.4, -0.2) is 23.0 Å². The van der Waals surface area contributed by atoms with Crippen molar-refractivity contribution in [3.63, 3.8) is 0 Å². The molecule has 1 heterocycles. The molecule has 4 nitrogen and oxygen atoms in total. The van der Waals surface area contributed by atoms with E-state index in [4.69, 9.17) is 27.9 Å². The number of ether oxygens (including phenoxy) is 1. The number of hydrogen-bond donors (Lipinski definition) is 1. The summed E-state index contributed by atoms with van der Waals surface area (Å²) in [5, 5.41) is 1.04. The van der Waals surface area contributed by atoms with Gasteiger partial charge in [0, 0.05) is 10.6 Å². The molecule has 0 bridgehead atoms. The van der Waals surface area contributed by atoms with E-state index in [0.717, 1.165) is 5.52 Å². The molecule has 2 aromatic carbocycles.